The van der Waals surface area contributed by atoms with Gasteiger partial charge < -0.3 is 10.1 Å². The summed E-state index contributed by atoms with van der Waals surface area (Å²) in [4.78, 5) is 0. The molecule has 1 atom stereocenters. The van der Waals surface area contributed by atoms with E-state index < -0.39 is 0 Å². The van der Waals surface area contributed by atoms with Gasteiger partial charge in [0.25, 0.3) is 0 Å². The minimum absolute atomic E-state index is 0.268. The minimum atomic E-state index is 0.268. The molecule has 2 rings (SSSR count). The van der Waals surface area contributed by atoms with Gasteiger partial charge in [-0.3, -0.25) is 0 Å². The molecule has 1 aliphatic heterocycles. The van der Waals surface area contributed by atoms with Crippen LogP contribution < -0.4 is 5.32 Å². The fourth-order valence-electron chi connectivity index (χ4n) is 3.38. The van der Waals surface area contributed by atoms with Gasteiger partial charge in [0.15, 0.2) is 0 Å². The van der Waals surface area contributed by atoms with Gasteiger partial charge in [0.1, 0.15) is 0 Å². The van der Waals surface area contributed by atoms with Gasteiger partial charge in [-0.05, 0) is 62.3 Å². The predicted octanol–water partition coefficient (Wildman–Crippen LogP) is 3.89. The lowest BCUT2D eigenvalue weighted by Gasteiger charge is -2.38. The second-order valence-electron chi connectivity index (χ2n) is 7.23. The summed E-state index contributed by atoms with van der Waals surface area (Å²) in [6.07, 6.45) is 3.59. The number of hydrogen-bond acceptors (Lipinski definition) is 2. The first-order chi connectivity index (χ1) is 10.0. The van der Waals surface area contributed by atoms with E-state index in [1.165, 1.54) is 29.5 Å². The molecule has 2 heteroatoms. The Morgan fingerprint density at radius 3 is 2.52 bits per heavy atom. The summed E-state index contributed by atoms with van der Waals surface area (Å²) in [6, 6.07) is 6.64. The van der Waals surface area contributed by atoms with Crippen molar-refractivity contribution < 1.29 is 4.74 Å². The number of hydrogen-bond donors (Lipinski definition) is 1. The van der Waals surface area contributed by atoms with Crippen LogP contribution in [0.15, 0.2) is 18.2 Å². The van der Waals surface area contributed by atoms with E-state index in [4.69, 9.17) is 4.74 Å². The molecule has 0 spiro atoms. The standard InChI is InChI=1S/C19H31NO/c1-15(2)12-20-13-19(9-6-10-21-14-19)11-18-16(3)7-5-8-17(18)4/h5,7-8,15,20H,6,9-14H2,1-4H3. The average molecular weight is 289 g/mol. The van der Waals surface area contributed by atoms with E-state index in [1.54, 1.807) is 0 Å². The zero-order valence-corrected chi connectivity index (χ0v) is 14.2. The number of nitrogens with one attached hydrogen (secondary N) is 1. The Morgan fingerprint density at radius 1 is 1.24 bits per heavy atom. The first-order valence-corrected chi connectivity index (χ1v) is 8.36. The van der Waals surface area contributed by atoms with Gasteiger partial charge >= 0.3 is 0 Å². The summed E-state index contributed by atoms with van der Waals surface area (Å²) in [5, 5.41) is 3.67. The van der Waals surface area contributed by atoms with E-state index in [1.807, 2.05) is 0 Å². The van der Waals surface area contributed by atoms with Gasteiger partial charge in [0.05, 0.1) is 6.61 Å². The highest BCUT2D eigenvalue weighted by Gasteiger charge is 2.33. The maximum absolute atomic E-state index is 5.85. The summed E-state index contributed by atoms with van der Waals surface area (Å²) >= 11 is 0. The van der Waals surface area contributed by atoms with Gasteiger partial charge in [0.2, 0.25) is 0 Å². The second-order valence-corrected chi connectivity index (χ2v) is 7.23. The van der Waals surface area contributed by atoms with Crippen LogP contribution in [0.25, 0.3) is 0 Å². The Labute approximate surface area is 130 Å². The molecule has 118 valence electrons. The molecule has 1 N–H and O–H groups in total. The number of ether oxygens (including phenoxy) is 1. The zero-order chi connectivity index (χ0) is 15.3. The third kappa shape index (κ3) is 4.55. The van der Waals surface area contributed by atoms with Crippen LogP contribution in [-0.2, 0) is 11.2 Å². The third-order valence-corrected chi connectivity index (χ3v) is 4.65. The Hall–Kier alpha value is -0.860. The van der Waals surface area contributed by atoms with Crippen molar-refractivity contribution in [3.05, 3.63) is 34.9 Å². The minimum Gasteiger partial charge on any atom is -0.381 e. The van der Waals surface area contributed by atoms with Crippen molar-refractivity contribution in [3.63, 3.8) is 0 Å². The van der Waals surface area contributed by atoms with Crippen LogP contribution >= 0.6 is 0 Å². The Morgan fingerprint density at radius 2 is 1.95 bits per heavy atom. The van der Waals surface area contributed by atoms with Crippen molar-refractivity contribution in [2.24, 2.45) is 11.3 Å². The molecule has 0 saturated carbocycles. The van der Waals surface area contributed by atoms with E-state index >= 15 is 0 Å². The van der Waals surface area contributed by atoms with Gasteiger partial charge in [-0.15, -0.1) is 0 Å². The highest BCUT2D eigenvalue weighted by molar-refractivity contribution is 5.34. The van der Waals surface area contributed by atoms with Gasteiger partial charge in [-0.1, -0.05) is 32.0 Å². The highest BCUT2D eigenvalue weighted by atomic mass is 16.5. The number of rotatable bonds is 6. The van der Waals surface area contributed by atoms with Crippen molar-refractivity contribution in [1.82, 2.24) is 5.32 Å². The molecule has 0 bridgehead atoms. The Bertz CT molecular complexity index is 427. The fourth-order valence-corrected chi connectivity index (χ4v) is 3.38. The smallest absolute Gasteiger partial charge is 0.0537 e. The molecule has 1 saturated heterocycles. The molecule has 2 nitrogen and oxygen atoms in total. The topological polar surface area (TPSA) is 21.3 Å². The van der Waals surface area contributed by atoms with E-state index in [0.29, 0.717) is 5.92 Å². The lowest BCUT2D eigenvalue weighted by atomic mass is 9.75. The molecule has 0 aromatic heterocycles. The molecule has 0 aliphatic carbocycles. The summed E-state index contributed by atoms with van der Waals surface area (Å²) in [5.41, 5.74) is 4.63. The molecular weight excluding hydrogens is 258 g/mol. The maximum Gasteiger partial charge on any atom is 0.0537 e. The molecule has 1 heterocycles. The van der Waals surface area contributed by atoms with Crippen molar-refractivity contribution in [2.75, 3.05) is 26.3 Å². The predicted molar refractivity (Wildman–Crippen MR) is 89.8 cm³/mol. The van der Waals surface area contributed by atoms with Crippen molar-refractivity contribution in [1.29, 1.82) is 0 Å². The molecule has 1 aromatic rings. The molecule has 0 radical (unpaired) electrons. The van der Waals surface area contributed by atoms with Crippen LogP contribution in [0.3, 0.4) is 0 Å². The van der Waals surface area contributed by atoms with Gasteiger partial charge in [0, 0.05) is 18.6 Å². The summed E-state index contributed by atoms with van der Waals surface area (Å²) < 4.78 is 5.85. The van der Waals surface area contributed by atoms with Crippen LogP contribution in [0.5, 0.6) is 0 Å². The van der Waals surface area contributed by atoms with E-state index in [9.17, 15) is 0 Å². The van der Waals surface area contributed by atoms with Crippen molar-refractivity contribution >= 4 is 0 Å². The molecule has 21 heavy (non-hydrogen) atoms. The van der Waals surface area contributed by atoms with E-state index in [0.717, 1.165) is 32.7 Å². The van der Waals surface area contributed by atoms with Crippen LogP contribution in [0.4, 0.5) is 0 Å². The number of benzene rings is 1. The summed E-state index contributed by atoms with van der Waals surface area (Å²) in [7, 11) is 0. The van der Waals surface area contributed by atoms with Crippen LogP contribution in [0, 0.1) is 25.2 Å². The molecular formula is C19H31NO. The fraction of sp³-hybridized carbons (Fsp3) is 0.684. The largest absolute Gasteiger partial charge is 0.381 e. The highest BCUT2D eigenvalue weighted by Crippen LogP contribution is 2.34. The van der Waals surface area contributed by atoms with E-state index in [2.05, 4.69) is 51.2 Å². The third-order valence-electron chi connectivity index (χ3n) is 4.65. The van der Waals surface area contributed by atoms with Crippen molar-refractivity contribution in [2.45, 2.75) is 47.0 Å². The molecule has 1 unspecified atom stereocenters. The summed E-state index contributed by atoms with van der Waals surface area (Å²) in [6.45, 7) is 13.0. The number of aryl methyl sites for hydroxylation is 2. The monoisotopic (exact) mass is 289 g/mol. The lowest BCUT2D eigenvalue weighted by molar-refractivity contribution is -0.00752. The van der Waals surface area contributed by atoms with Crippen LogP contribution in [0.1, 0.15) is 43.4 Å². The lowest BCUT2D eigenvalue weighted by Crippen LogP contribution is -2.43. The summed E-state index contributed by atoms with van der Waals surface area (Å²) in [5.74, 6) is 0.701. The molecule has 1 fully saturated rings. The SMILES string of the molecule is Cc1cccc(C)c1CC1(CNCC(C)C)CCCOC1. The quantitative estimate of drug-likeness (QED) is 0.858. The van der Waals surface area contributed by atoms with Gasteiger partial charge in [-0.2, -0.15) is 0 Å². The zero-order valence-electron chi connectivity index (χ0n) is 14.2. The average Bonchev–Trinajstić information content (AvgIpc) is 2.44. The Balaban J connectivity index is 2.12. The second kappa shape index (κ2) is 7.42. The first-order valence-electron chi connectivity index (χ1n) is 8.36. The first kappa shape index (κ1) is 16.5. The van der Waals surface area contributed by atoms with Crippen LogP contribution in [0.2, 0.25) is 0 Å². The maximum atomic E-state index is 5.85. The van der Waals surface area contributed by atoms with Gasteiger partial charge in [-0.25, -0.2) is 0 Å². The molecule has 1 aliphatic rings. The Kier molecular flexibility index (Phi) is 5.83. The molecule has 1 aromatic carbocycles. The normalized spacial score (nSPS) is 22.7. The molecule has 0 amide bonds. The van der Waals surface area contributed by atoms with Crippen LogP contribution in [-0.4, -0.2) is 26.3 Å². The van der Waals surface area contributed by atoms with E-state index in [-0.39, 0.29) is 5.41 Å². The van der Waals surface area contributed by atoms with Crippen molar-refractivity contribution in [3.8, 4) is 0 Å².